The average molecular weight is 228 g/mol. The van der Waals surface area contributed by atoms with Crippen LogP contribution in [0.25, 0.3) is 0 Å². The molecular formula is C14H16N2O. The molecular weight excluding hydrogens is 212 g/mol. The van der Waals surface area contributed by atoms with E-state index in [0.29, 0.717) is 13.2 Å². The van der Waals surface area contributed by atoms with Crippen LogP contribution in [0.2, 0.25) is 0 Å². The molecule has 2 rings (SSSR count). The third-order valence-corrected chi connectivity index (χ3v) is 2.68. The van der Waals surface area contributed by atoms with Crippen LogP contribution >= 0.6 is 0 Å². The summed E-state index contributed by atoms with van der Waals surface area (Å²) in [5.41, 5.74) is 8.83. The Labute approximate surface area is 101 Å². The van der Waals surface area contributed by atoms with Gasteiger partial charge in [-0.25, -0.2) is 0 Å². The summed E-state index contributed by atoms with van der Waals surface area (Å²) in [6, 6.07) is 11.8. The van der Waals surface area contributed by atoms with Gasteiger partial charge >= 0.3 is 0 Å². The number of nitrogens with two attached hydrogens (primary N) is 1. The number of pyridine rings is 1. The lowest BCUT2D eigenvalue weighted by Crippen LogP contribution is -2.05. The molecule has 0 saturated carbocycles. The number of rotatable bonds is 4. The third-order valence-electron chi connectivity index (χ3n) is 2.68. The molecule has 0 unspecified atom stereocenters. The van der Waals surface area contributed by atoms with Crippen LogP contribution in [0.4, 0.5) is 0 Å². The molecule has 0 bridgehead atoms. The van der Waals surface area contributed by atoms with Crippen molar-refractivity contribution in [2.45, 2.75) is 20.1 Å². The van der Waals surface area contributed by atoms with Gasteiger partial charge in [-0.1, -0.05) is 24.3 Å². The van der Waals surface area contributed by atoms with Crippen molar-refractivity contribution >= 4 is 0 Å². The first kappa shape index (κ1) is 11.6. The fourth-order valence-electron chi connectivity index (χ4n) is 1.67. The molecule has 0 saturated heterocycles. The van der Waals surface area contributed by atoms with Crippen molar-refractivity contribution in [1.29, 1.82) is 0 Å². The summed E-state index contributed by atoms with van der Waals surface area (Å²) in [7, 11) is 0. The van der Waals surface area contributed by atoms with Crippen molar-refractivity contribution < 1.29 is 4.74 Å². The van der Waals surface area contributed by atoms with Crippen LogP contribution in [0.3, 0.4) is 0 Å². The first-order valence-electron chi connectivity index (χ1n) is 5.62. The molecule has 3 nitrogen and oxygen atoms in total. The minimum Gasteiger partial charge on any atom is -0.487 e. The van der Waals surface area contributed by atoms with E-state index < -0.39 is 0 Å². The highest BCUT2D eigenvalue weighted by Crippen LogP contribution is 2.17. The van der Waals surface area contributed by atoms with E-state index in [0.717, 1.165) is 22.6 Å². The van der Waals surface area contributed by atoms with Gasteiger partial charge in [0.15, 0.2) is 0 Å². The SMILES string of the molecule is Cc1ncccc1OCc1ccccc1CN. The lowest BCUT2D eigenvalue weighted by atomic mass is 10.1. The molecule has 1 aromatic carbocycles. The zero-order valence-corrected chi connectivity index (χ0v) is 9.89. The van der Waals surface area contributed by atoms with E-state index in [-0.39, 0.29) is 0 Å². The predicted octanol–water partition coefficient (Wildman–Crippen LogP) is 2.43. The summed E-state index contributed by atoms with van der Waals surface area (Å²) in [4.78, 5) is 4.18. The molecule has 0 radical (unpaired) electrons. The molecule has 1 aromatic heterocycles. The topological polar surface area (TPSA) is 48.1 Å². The van der Waals surface area contributed by atoms with E-state index in [1.54, 1.807) is 6.20 Å². The number of nitrogens with zero attached hydrogens (tertiary/aromatic N) is 1. The van der Waals surface area contributed by atoms with Crippen LogP contribution < -0.4 is 10.5 Å². The fraction of sp³-hybridized carbons (Fsp3) is 0.214. The van der Waals surface area contributed by atoms with Gasteiger partial charge in [0.1, 0.15) is 12.4 Å². The maximum atomic E-state index is 5.75. The van der Waals surface area contributed by atoms with E-state index in [4.69, 9.17) is 10.5 Å². The molecule has 0 fully saturated rings. The minimum absolute atomic E-state index is 0.528. The van der Waals surface area contributed by atoms with Gasteiger partial charge in [0.25, 0.3) is 0 Å². The van der Waals surface area contributed by atoms with Crippen LogP contribution in [-0.2, 0) is 13.2 Å². The summed E-state index contributed by atoms with van der Waals surface area (Å²) in [6.45, 7) is 3.00. The number of hydrogen-bond donors (Lipinski definition) is 1. The first-order chi connectivity index (χ1) is 8.31. The smallest absolute Gasteiger partial charge is 0.141 e. The highest BCUT2D eigenvalue weighted by molar-refractivity contribution is 5.29. The van der Waals surface area contributed by atoms with E-state index in [2.05, 4.69) is 4.98 Å². The monoisotopic (exact) mass is 228 g/mol. The largest absolute Gasteiger partial charge is 0.487 e. The molecule has 0 amide bonds. The van der Waals surface area contributed by atoms with Crippen LogP contribution in [0.5, 0.6) is 5.75 Å². The van der Waals surface area contributed by atoms with E-state index in [1.165, 1.54) is 0 Å². The molecule has 0 aliphatic rings. The Hall–Kier alpha value is -1.87. The molecule has 88 valence electrons. The maximum absolute atomic E-state index is 5.75. The number of aromatic nitrogens is 1. The Bertz CT molecular complexity index is 497. The lowest BCUT2D eigenvalue weighted by molar-refractivity contribution is 0.301. The molecule has 2 aromatic rings. The van der Waals surface area contributed by atoms with Crippen molar-refractivity contribution in [2.75, 3.05) is 0 Å². The van der Waals surface area contributed by atoms with Crippen molar-refractivity contribution in [3.05, 3.63) is 59.4 Å². The van der Waals surface area contributed by atoms with Crippen molar-refractivity contribution in [3.63, 3.8) is 0 Å². The molecule has 0 spiro atoms. The summed E-state index contributed by atoms with van der Waals surface area (Å²) < 4.78 is 5.75. The van der Waals surface area contributed by atoms with Gasteiger partial charge in [-0.15, -0.1) is 0 Å². The Morgan fingerprint density at radius 1 is 1.12 bits per heavy atom. The van der Waals surface area contributed by atoms with Crippen molar-refractivity contribution in [3.8, 4) is 5.75 Å². The van der Waals surface area contributed by atoms with Gasteiger partial charge < -0.3 is 10.5 Å². The Kier molecular flexibility index (Phi) is 3.73. The zero-order valence-electron chi connectivity index (χ0n) is 9.89. The Morgan fingerprint density at radius 3 is 2.59 bits per heavy atom. The van der Waals surface area contributed by atoms with E-state index in [1.807, 2.05) is 43.3 Å². The quantitative estimate of drug-likeness (QED) is 0.874. The molecule has 3 heteroatoms. The Balaban J connectivity index is 2.10. The number of aryl methyl sites for hydroxylation is 1. The van der Waals surface area contributed by atoms with Crippen molar-refractivity contribution in [1.82, 2.24) is 4.98 Å². The molecule has 0 atom stereocenters. The predicted molar refractivity (Wildman–Crippen MR) is 67.6 cm³/mol. The van der Waals surface area contributed by atoms with Crippen LogP contribution in [0.15, 0.2) is 42.6 Å². The second-order valence-corrected chi connectivity index (χ2v) is 3.85. The zero-order chi connectivity index (χ0) is 12.1. The third kappa shape index (κ3) is 2.82. The summed E-state index contributed by atoms with van der Waals surface area (Å²) in [5.74, 6) is 0.819. The molecule has 0 aliphatic carbocycles. The highest BCUT2D eigenvalue weighted by atomic mass is 16.5. The summed E-state index contributed by atoms with van der Waals surface area (Å²) in [5, 5.41) is 0. The fourth-order valence-corrected chi connectivity index (χ4v) is 1.67. The number of hydrogen-bond acceptors (Lipinski definition) is 3. The van der Waals surface area contributed by atoms with Gasteiger partial charge in [-0.05, 0) is 30.2 Å². The second kappa shape index (κ2) is 5.46. The second-order valence-electron chi connectivity index (χ2n) is 3.85. The number of ether oxygens (including phenoxy) is 1. The van der Waals surface area contributed by atoms with E-state index >= 15 is 0 Å². The standard InChI is InChI=1S/C14H16N2O/c1-11-14(7-4-8-16-11)17-10-13-6-3-2-5-12(13)9-15/h2-8H,9-10,15H2,1H3. The molecule has 17 heavy (non-hydrogen) atoms. The van der Waals surface area contributed by atoms with Crippen LogP contribution in [0, 0.1) is 6.92 Å². The van der Waals surface area contributed by atoms with Gasteiger partial charge in [-0.2, -0.15) is 0 Å². The van der Waals surface area contributed by atoms with Gasteiger partial charge in [-0.3, -0.25) is 4.98 Å². The number of benzene rings is 1. The highest BCUT2D eigenvalue weighted by Gasteiger charge is 2.03. The minimum atomic E-state index is 0.528. The summed E-state index contributed by atoms with van der Waals surface area (Å²) >= 11 is 0. The van der Waals surface area contributed by atoms with Crippen LogP contribution in [-0.4, -0.2) is 4.98 Å². The van der Waals surface area contributed by atoms with Gasteiger partial charge in [0.05, 0.1) is 5.69 Å². The molecule has 2 N–H and O–H groups in total. The molecule has 1 heterocycles. The Morgan fingerprint density at radius 2 is 1.88 bits per heavy atom. The summed E-state index contributed by atoms with van der Waals surface area (Å²) in [6.07, 6.45) is 1.76. The normalized spacial score (nSPS) is 10.2. The maximum Gasteiger partial charge on any atom is 0.141 e. The lowest BCUT2D eigenvalue weighted by Gasteiger charge is -2.10. The van der Waals surface area contributed by atoms with Gasteiger partial charge in [0.2, 0.25) is 0 Å². The van der Waals surface area contributed by atoms with Crippen LogP contribution in [0.1, 0.15) is 16.8 Å². The first-order valence-corrected chi connectivity index (χ1v) is 5.62. The molecule has 0 aliphatic heterocycles. The average Bonchev–Trinajstić information content (AvgIpc) is 2.38. The van der Waals surface area contributed by atoms with E-state index in [9.17, 15) is 0 Å². The van der Waals surface area contributed by atoms with Gasteiger partial charge in [0, 0.05) is 12.7 Å². The van der Waals surface area contributed by atoms with Crippen molar-refractivity contribution in [2.24, 2.45) is 5.73 Å².